The molecule has 26 heavy (non-hydrogen) atoms. The van der Waals surface area contributed by atoms with Crippen LogP contribution in [0.1, 0.15) is 19.4 Å². The van der Waals surface area contributed by atoms with E-state index in [1.54, 1.807) is 26.0 Å². The van der Waals surface area contributed by atoms with Crippen LogP contribution in [-0.2, 0) is 26.1 Å². The SMILES string of the molecule is CCN(CC)S(=O)(=O)c1ccc(CNC(=O)N[C@@H](COC)C(N)=O)cc1. The molecular weight excluding hydrogens is 360 g/mol. The van der Waals surface area contributed by atoms with E-state index >= 15 is 0 Å². The molecule has 0 fully saturated rings. The number of urea groups is 1. The van der Waals surface area contributed by atoms with Gasteiger partial charge in [0.05, 0.1) is 11.5 Å². The van der Waals surface area contributed by atoms with Gasteiger partial charge < -0.3 is 21.1 Å². The Morgan fingerprint density at radius 1 is 1.19 bits per heavy atom. The number of primary amides is 1. The van der Waals surface area contributed by atoms with Gasteiger partial charge in [0.1, 0.15) is 6.04 Å². The van der Waals surface area contributed by atoms with Crippen molar-refractivity contribution in [2.75, 3.05) is 26.8 Å². The highest BCUT2D eigenvalue weighted by molar-refractivity contribution is 7.89. The monoisotopic (exact) mass is 386 g/mol. The lowest BCUT2D eigenvalue weighted by molar-refractivity contribution is -0.120. The summed E-state index contributed by atoms with van der Waals surface area (Å²) in [7, 11) is -2.12. The van der Waals surface area contributed by atoms with E-state index in [-0.39, 0.29) is 18.0 Å². The van der Waals surface area contributed by atoms with Crippen molar-refractivity contribution in [1.29, 1.82) is 0 Å². The Morgan fingerprint density at radius 3 is 2.23 bits per heavy atom. The third-order valence-electron chi connectivity index (χ3n) is 3.70. The highest BCUT2D eigenvalue weighted by Crippen LogP contribution is 2.16. The fourth-order valence-electron chi connectivity index (χ4n) is 2.25. The minimum Gasteiger partial charge on any atom is -0.382 e. The molecule has 1 rings (SSSR count). The molecule has 9 nitrogen and oxygen atoms in total. The van der Waals surface area contributed by atoms with Gasteiger partial charge in [-0.15, -0.1) is 0 Å². The lowest BCUT2D eigenvalue weighted by Crippen LogP contribution is -2.50. The minimum atomic E-state index is -3.51. The largest absolute Gasteiger partial charge is 0.382 e. The summed E-state index contributed by atoms with van der Waals surface area (Å²) in [6, 6.07) is 4.74. The van der Waals surface area contributed by atoms with E-state index in [9.17, 15) is 18.0 Å². The van der Waals surface area contributed by atoms with Crippen molar-refractivity contribution in [3.8, 4) is 0 Å². The predicted molar refractivity (Wildman–Crippen MR) is 96.8 cm³/mol. The van der Waals surface area contributed by atoms with Crippen LogP contribution in [0.5, 0.6) is 0 Å². The number of rotatable bonds is 10. The number of nitrogens with zero attached hydrogens (tertiary/aromatic N) is 1. The molecule has 0 unspecified atom stereocenters. The molecule has 0 spiro atoms. The smallest absolute Gasteiger partial charge is 0.315 e. The summed E-state index contributed by atoms with van der Waals surface area (Å²) < 4.78 is 31.0. The summed E-state index contributed by atoms with van der Waals surface area (Å²) >= 11 is 0. The fraction of sp³-hybridized carbons (Fsp3) is 0.500. The van der Waals surface area contributed by atoms with Gasteiger partial charge >= 0.3 is 6.03 Å². The average Bonchev–Trinajstić information content (AvgIpc) is 2.60. The van der Waals surface area contributed by atoms with Crippen molar-refractivity contribution >= 4 is 22.0 Å². The van der Waals surface area contributed by atoms with Gasteiger partial charge in [-0.3, -0.25) is 4.79 Å². The molecule has 0 heterocycles. The van der Waals surface area contributed by atoms with Gasteiger partial charge in [-0.05, 0) is 17.7 Å². The molecule has 0 aliphatic heterocycles. The van der Waals surface area contributed by atoms with Crippen LogP contribution in [0.4, 0.5) is 4.79 Å². The lowest BCUT2D eigenvalue weighted by atomic mass is 10.2. The fourth-order valence-corrected chi connectivity index (χ4v) is 3.70. The van der Waals surface area contributed by atoms with Gasteiger partial charge in [-0.1, -0.05) is 26.0 Å². The highest BCUT2D eigenvalue weighted by atomic mass is 32.2. The first-order valence-corrected chi connectivity index (χ1v) is 9.61. The molecule has 0 saturated heterocycles. The molecule has 3 amide bonds. The summed E-state index contributed by atoms with van der Waals surface area (Å²) in [5.41, 5.74) is 5.87. The maximum absolute atomic E-state index is 12.4. The molecule has 146 valence electrons. The molecule has 0 aliphatic carbocycles. The van der Waals surface area contributed by atoms with Crippen molar-refractivity contribution in [3.63, 3.8) is 0 Å². The number of nitrogens with two attached hydrogens (primary N) is 1. The maximum atomic E-state index is 12.4. The molecule has 4 N–H and O–H groups in total. The van der Waals surface area contributed by atoms with Crippen LogP contribution in [0.3, 0.4) is 0 Å². The van der Waals surface area contributed by atoms with E-state index in [1.165, 1.54) is 23.5 Å². The van der Waals surface area contributed by atoms with Crippen molar-refractivity contribution in [1.82, 2.24) is 14.9 Å². The van der Waals surface area contributed by atoms with Gasteiger partial charge in [0.2, 0.25) is 15.9 Å². The maximum Gasteiger partial charge on any atom is 0.315 e. The van der Waals surface area contributed by atoms with Gasteiger partial charge in [0, 0.05) is 26.7 Å². The number of carbonyl (C=O) groups is 2. The van der Waals surface area contributed by atoms with E-state index in [0.29, 0.717) is 18.7 Å². The Morgan fingerprint density at radius 2 is 1.77 bits per heavy atom. The van der Waals surface area contributed by atoms with E-state index in [0.717, 1.165) is 0 Å². The summed E-state index contributed by atoms with van der Waals surface area (Å²) in [6.07, 6.45) is 0. The molecule has 10 heteroatoms. The average molecular weight is 386 g/mol. The lowest BCUT2D eigenvalue weighted by Gasteiger charge is -2.18. The number of nitrogens with one attached hydrogen (secondary N) is 2. The van der Waals surface area contributed by atoms with Crippen molar-refractivity contribution in [2.24, 2.45) is 5.73 Å². The Kier molecular flexibility index (Phi) is 8.49. The van der Waals surface area contributed by atoms with Gasteiger partial charge in [0.25, 0.3) is 0 Å². The quantitative estimate of drug-likeness (QED) is 0.522. The molecule has 0 bridgehead atoms. The number of hydrogen-bond donors (Lipinski definition) is 3. The molecule has 0 aromatic heterocycles. The Balaban J connectivity index is 2.68. The summed E-state index contributed by atoms with van der Waals surface area (Å²) in [4.78, 5) is 23.2. The van der Waals surface area contributed by atoms with Crippen molar-refractivity contribution in [3.05, 3.63) is 29.8 Å². The number of carbonyl (C=O) groups excluding carboxylic acids is 2. The predicted octanol–water partition coefficient (Wildman–Crippen LogP) is 0.0166. The zero-order valence-electron chi connectivity index (χ0n) is 15.2. The first-order chi connectivity index (χ1) is 12.3. The van der Waals surface area contributed by atoms with Crippen LogP contribution < -0.4 is 16.4 Å². The van der Waals surface area contributed by atoms with Crippen LogP contribution in [0, 0.1) is 0 Å². The van der Waals surface area contributed by atoms with Crippen LogP contribution in [0.15, 0.2) is 29.2 Å². The number of hydrogen-bond acceptors (Lipinski definition) is 5. The third kappa shape index (κ3) is 5.97. The molecule has 0 aliphatic rings. The van der Waals surface area contributed by atoms with Crippen molar-refractivity contribution < 1.29 is 22.7 Å². The van der Waals surface area contributed by atoms with E-state index < -0.39 is 28.0 Å². The first kappa shape index (κ1) is 21.9. The molecule has 1 aromatic rings. The number of amides is 3. The second-order valence-electron chi connectivity index (χ2n) is 5.47. The Bertz CT molecular complexity index is 702. The second kappa shape index (κ2) is 10.1. The van der Waals surface area contributed by atoms with Crippen LogP contribution in [-0.4, -0.2) is 57.5 Å². The third-order valence-corrected chi connectivity index (χ3v) is 5.77. The number of ether oxygens (including phenoxy) is 1. The zero-order valence-corrected chi connectivity index (χ0v) is 16.0. The number of sulfonamides is 1. The Labute approximate surface area is 153 Å². The van der Waals surface area contributed by atoms with E-state index in [4.69, 9.17) is 10.5 Å². The second-order valence-corrected chi connectivity index (χ2v) is 7.41. The zero-order chi connectivity index (χ0) is 19.7. The van der Waals surface area contributed by atoms with Gasteiger partial charge in [-0.25, -0.2) is 13.2 Å². The van der Waals surface area contributed by atoms with E-state index in [2.05, 4.69) is 10.6 Å². The van der Waals surface area contributed by atoms with Crippen LogP contribution in [0.25, 0.3) is 0 Å². The standard InChI is InChI=1S/C16H26N4O5S/c1-4-20(5-2)26(23,24)13-8-6-12(7-9-13)10-18-16(22)19-14(11-25-3)15(17)21/h6-9,14H,4-5,10-11H2,1-3H3,(H2,17,21)(H2,18,19,22)/t14-/m0/s1. The first-order valence-electron chi connectivity index (χ1n) is 8.17. The van der Waals surface area contributed by atoms with Crippen molar-refractivity contribution in [2.45, 2.75) is 31.3 Å². The molecular formula is C16H26N4O5S. The summed E-state index contributed by atoms with van der Waals surface area (Å²) in [5.74, 6) is -0.701. The molecule has 1 aromatic carbocycles. The molecule has 1 atom stereocenters. The van der Waals surface area contributed by atoms with Gasteiger partial charge in [0.15, 0.2) is 0 Å². The van der Waals surface area contributed by atoms with Crippen LogP contribution in [0.2, 0.25) is 0 Å². The minimum absolute atomic E-state index is 0.0271. The molecule has 0 saturated carbocycles. The number of methoxy groups -OCH3 is 1. The number of benzene rings is 1. The topological polar surface area (TPSA) is 131 Å². The highest BCUT2D eigenvalue weighted by Gasteiger charge is 2.21. The summed E-state index contributed by atoms with van der Waals surface area (Å²) in [5, 5.41) is 4.97. The Hall–Kier alpha value is -2.17. The van der Waals surface area contributed by atoms with Gasteiger partial charge in [-0.2, -0.15) is 4.31 Å². The van der Waals surface area contributed by atoms with E-state index in [1.807, 2.05) is 0 Å². The van der Waals surface area contributed by atoms with Crippen LogP contribution >= 0.6 is 0 Å². The molecule has 0 radical (unpaired) electrons. The normalized spacial score (nSPS) is 12.6. The summed E-state index contributed by atoms with van der Waals surface area (Å²) in [6.45, 7) is 4.48.